The summed E-state index contributed by atoms with van der Waals surface area (Å²) >= 11 is 6.10. The quantitative estimate of drug-likeness (QED) is 0.719. The highest BCUT2D eigenvalue weighted by Gasteiger charge is 2.29. The lowest BCUT2D eigenvalue weighted by molar-refractivity contribution is -0.116. The largest absolute Gasteiger partial charge is 0.326 e. The molecular formula is C16H12ClN3O. The second kappa shape index (κ2) is 4.60. The van der Waals surface area contributed by atoms with Gasteiger partial charge in [-0.3, -0.25) is 9.89 Å². The summed E-state index contributed by atoms with van der Waals surface area (Å²) in [6.45, 7) is 0. The summed E-state index contributed by atoms with van der Waals surface area (Å²) in [4.78, 5) is 12.0. The Labute approximate surface area is 126 Å². The number of halogens is 1. The fourth-order valence-electron chi connectivity index (χ4n) is 3.00. The van der Waals surface area contributed by atoms with E-state index in [2.05, 4.69) is 15.5 Å². The number of fused-ring (bicyclic) bond motifs is 3. The lowest BCUT2D eigenvalue weighted by Crippen LogP contribution is -2.23. The number of carbonyl (C=O) groups excluding carboxylic acids is 1. The normalized spacial score (nSPS) is 17.6. The molecule has 2 heterocycles. The fourth-order valence-corrected chi connectivity index (χ4v) is 3.20. The van der Waals surface area contributed by atoms with Crippen molar-refractivity contribution >= 4 is 34.1 Å². The molecule has 5 heteroatoms. The number of hydrogen-bond donors (Lipinski definition) is 2. The molecule has 2 N–H and O–H groups in total. The molecule has 4 nitrogen and oxygen atoms in total. The number of rotatable bonds is 1. The number of aromatic nitrogens is 2. The van der Waals surface area contributed by atoms with Gasteiger partial charge in [0, 0.05) is 34.0 Å². The third-order valence-electron chi connectivity index (χ3n) is 3.92. The SMILES string of the molecule is O=C1CC(c2cccc(Cl)c2)c2c(ccc3cn[nH]c23)N1. The Morgan fingerprint density at radius 1 is 1.24 bits per heavy atom. The Morgan fingerprint density at radius 3 is 3.00 bits per heavy atom. The summed E-state index contributed by atoms with van der Waals surface area (Å²) in [7, 11) is 0. The van der Waals surface area contributed by atoms with E-state index in [1.807, 2.05) is 36.4 Å². The summed E-state index contributed by atoms with van der Waals surface area (Å²) in [5.74, 6) is 0.00272. The van der Waals surface area contributed by atoms with Crippen LogP contribution in [0, 0.1) is 0 Å². The second-order valence-electron chi connectivity index (χ2n) is 5.22. The third kappa shape index (κ3) is 1.99. The van der Waals surface area contributed by atoms with Crippen LogP contribution in [-0.2, 0) is 4.79 Å². The van der Waals surface area contributed by atoms with Gasteiger partial charge in [-0.05, 0) is 29.8 Å². The molecule has 1 unspecified atom stereocenters. The molecule has 1 amide bonds. The van der Waals surface area contributed by atoms with E-state index in [9.17, 15) is 4.79 Å². The average molecular weight is 298 g/mol. The van der Waals surface area contributed by atoms with Crippen LogP contribution >= 0.6 is 11.6 Å². The molecule has 0 saturated carbocycles. The minimum atomic E-state index is -0.0170. The molecule has 0 radical (unpaired) electrons. The Morgan fingerprint density at radius 2 is 2.14 bits per heavy atom. The van der Waals surface area contributed by atoms with Crippen molar-refractivity contribution in [2.75, 3.05) is 5.32 Å². The first kappa shape index (κ1) is 12.4. The molecule has 0 spiro atoms. The molecule has 1 atom stereocenters. The molecule has 21 heavy (non-hydrogen) atoms. The van der Waals surface area contributed by atoms with Crippen molar-refractivity contribution < 1.29 is 4.79 Å². The number of H-pyrrole nitrogens is 1. The zero-order valence-corrected chi connectivity index (χ0v) is 11.8. The van der Waals surface area contributed by atoms with E-state index in [0.29, 0.717) is 11.4 Å². The molecule has 1 aliphatic heterocycles. The number of nitrogens with zero attached hydrogens (tertiary/aromatic N) is 1. The second-order valence-corrected chi connectivity index (χ2v) is 5.66. The van der Waals surface area contributed by atoms with E-state index in [1.165, 1.54) is 0 Å². The van der Waals surface area contributed by atoms with Crippen molar-refractivity contribution in [1.29, 1.82) is 0 Å². The molecule has 0 saturated heterocycles. The summed E-state index contributed by atoms with van der Waals surface area (Å²) in [6, 6.07) is 11.6. The molecule has 4 rings (SSSR count). The standard InChI is InChI=1S/C16H12ClN3O/c17-11-3-1-2-9(6-11)12-7-14(21)19-13-5-4-10-8-18-20-16(10)15(12)13/h1-6,8,12H,7H2,(H,18,20)(H,19,21). The molecule has 0 fully saturated rings. The van der Waals surface area contributed by atoms with Gasteiger partial charge >= 0.3 is 0 Å². The van der Waals surface area contributed by atoms with Gasteiger partial charge in [0.05, 0.1) is 11.7 Å². The lowest BCUT2D eigenvalue weighted by Gasteiger charge is -2.26. The number of nitrogens with one attached hydrogen (secondary N) is 2. The van der Waals surface area contributed by atoms with E-state index in [1.54, 1.807) is 6.20 Å². The summed E-state index contributed by atoms with van der Waals surface area (Å²) in [5, 5.41) is 11.8. The van der Waals surface area contributed by atoms with Crippen LogP contribution in [-0.4, -0.2) is 16.1 Å². The van der Waals surface area contributed by atoms with Crippen LogP contribution < -0.4 is 5.32 Å². The predicted molar refractivity (Wildman–Crippen MR) is 82.6 cm³/mol. The van der Waals surface area contributed by atoms with Crippen molar-refractivity contribution in [2.24, 2.45) is 0 Å². The van der Waals surface area contributed by atoms with Crippen molar-refractivity contribution in [3.8, 4) is 0 Å². The Bertz CT molecular complexity index is 856. The lowest BCUT2D eigenvalue weighted by atomic mass is 9.84. The average Bonchev–Trinajstić information content (AvgIpc) is 2.94. The van der Waals surface area contributed by atoms with Crippen molar-refractivity contribution in [3.63, 3.8) is 0 Å². The van der Waals surface area contributed by atoms with Crippen molar-refractivity contribution in [2.45, 2.75) is 12.3 Å². The van der Waals surface area contributed by atoms with Crippen LogP contribution in [0.25, 0.3) is 10.9 Å². The first-order chi connectivity index (χ1) is 10.2. The molecule has 0 bridgehead atoms. The van der Waals surface area contributed by atoms with Gasteiger partial charge in [-0.15, -0.1) is 0 Å². The monoisotopic (exact) mass is 297 g/mol. The molecular weight excluding hydrogens is 286 g/mol. The maximum absolute atomic E-state index is 12.0. The molecule has 1 aliphatic rings. The molecule has 0 aliphatic carbocycles. The van der Waals surface area contributed by atoms with E-state index in [0.717, 1.165) is 27.7 Å². The number of hydrogen-bond acceptors (Lipinski definition) is 2. The molecule has 1 aromatic heterocycles. The van der Waals surface area contributed by atoms with Gasteiger partial charge in [-0.2, -0.15) is 5.10 Å². The minimum absolute atomic E-state index is 0.0170. The first-order valence-electron chi connectivity index (χ1n) is 6.73. The molecule has 104 valence electrons. The first-order valence-corrected chi connectivity index (χ1v) is 7.11. The maximum Gasteiger partial charge on any atom is 0.225 e. The van der Waals surface area contributed by atoms with Gasteiger partial charge in [0.25, 0.3) is 0 Å². The molecule has 2 aromatic carbocycles. The van der Waals surface area contributed by atoms with Crippen LogP contribution in [0.2, 0.25) is 5.02 Å². The minimum Gasteiger partial charge on any atom is -0.326 e. The van der Waals surface area contributed by atoms with E-state index in [4.69, 9.17) is 11.6 Å². The predicted octanol–water partition coefficient (Wildman–Crippen LogP) is 3.69. The number of benzene rings is 2. The third-order valence-corrected chi connectivity index (χ3v) is 4.16. The van der Waals surface area contributed by atoms with Gasteiger partial charge in [-0.1, -0.05) is 23.7 Å². The highest BCUT2D eigenvalue weighted by atomic mass is 35.5. The Kier molecular flexibility index (Phi) is 2.72. The van der Waals surface area contributed by atoms with Gasteiger partial charge in [0.15, 0.2) is 0 Å². The zero-order valence-electron chi connectivity index (χ0n) is 11.1. The zero-order chi connectivity index (χ0) is 14.4. The van der Waals surface area contributed by atoms with E-state index >= 15 is 0 Å². The van der Waals surface area contributed by atoms with E-state index in [-0.39, 0.29) is 11.8 Å². The van der Waals surface area contributed by atoms with Gasteiger partial charge in [-0.25, -0.2) is 0 Å². The highest BCUT2D eigenvalue weighted by Crippen LogP contribution is 2.41. The van der Waals surface area contributed by atoms with Crippen LogP contribution in [0.4, 0.5) is 5.69 Å². The van der Waals surface area contributed by atoms with Gasteiger partial charge < -0.3 is 5.32 Å². The summed E-state index contributed by atoms with van der Waals surface area (Å²) < 4.78 is 0. The summed E-state index contributed by atoms with van der Waals surface area (Å²) in [5.41, 5.74) is 3.93. The number of anilines is 1. The number of aromatic amines is 1. The fraction of sp³-hybridized carbons (Fsp3) is 0.125. The highest BCUT2D eigenvalue weighted by molar-refractivity contribution is 6.30. The van der Waals surface area contributed by atoms with Crippen LogP contribution in [0.15, 0.2) is 42.6 Å². The Hall–Kier alpha value is -2.33. The van der Waals surface area contributed by atoms with E-state index < -0.39 is 0 Å². The Balaban J connectivity index is 1.97. The van der Waals surface area contributed by atoms with Gasteiger partial charge in [0.1, 0.15) is 0 Å². The summed E-state index contributed by atoms with van der Waals surface area (Å²) in [6.07, 6.45) is 2.20. The van der Waals surface area contributed by atoms with Crippen LogP contribution in [0.3, 0.4) is 0 Å². The smallest absolute Gasteiger partial charge is 0.225 e. The number of carbonyl (C=O) groups is 1. The van der Waals surface area contributed by atoms with Crippen molar-refractivity contribution in [1.82, 2.24) is 10.2 Å². The van der Waals surface area contributed by atoms with Gasteiger partial charge in [0.2, 0.25) is 5.91 Å². The maximum atomic E-state index is 12.0. The van der Waals surface area contributed by atoms with Crippen LogP contribution in [0.5, 0.6) is 0 Å². The number of amides is 1. The van der Waals surface area contributed by atoms with Crippen LogP contribution in [0.1, 0.15) is 23.5 Å². The molecule has 3 aromatic rings. The van der Waals surface area contributed by atoms with Crippen molar-refractivity contribution in [3.05, 3.63) is 58.7 Å². The topological polar surface area (TPSA) is 57.8 Å².